The van der Waals surface area contributed by atoms with Crippen molar-refractivity contribution in [1.29, 1.82) is 0 Å². The minimum absolute atomic E-state index is 0.0354. The van der Waals surface area contributed by atoms with Gasteiger partial charge in [-0.1, -0.05) is 15.9 Å². The molecule has 1 saturated heterocycles. The molecule has 0 saturated carbocycles. The molecule has 2 aliphatic rings. The van der Waals surface area contributed by atoms with Crippen LogP contribution in [0.3, 0.4) is 0 Å². The molecule has 1 amide bonds. The van der Waals surface area contributed by atoms with Gasteiger partial charge in [0.1, 0.15) is 11.4 Å². The van der Waals surface area contributed by atoms with Crippen molar-refractivity contribution in [3.63, 3.8) is 0 Å². The predicted molar refractivity (Wildman–Crippen MR) is 112 cm³/mol. The molecule has 0 aliphatic carbocycles. The molecule has 3 aromatic rings. The Hall–Kier alpha value is -3.00. The lowest BCUT2D eigenvalue weighted by Gasteiger charge is -2.42. The molecule has 0 radical (unpaired) electrons. The molecule has 7 nitrogen and oxygen atoms in total. The lowest BCUT2D eigenvalue weighted by atomic mass is 10.0. The van der Waals surface area contributed by atoms with Crippen molar-refractivity contribution in [1.82, 2.24) is 14.8 Å². The largest absolute Gasteiger partial charge is 0.497 e. The van der Waals surface area contributed by atoms with E-state index < -0.39 is 11.2 Å². The Balaban J connectivity index is 1.78. The molecule has 1 fully saturated rings. The number of aromatic nitrogens is 3. The molecule has 2 aromatic carbocycles. The maximum Gasteiger partial charge on any atom is 0.300 e. The predicted octanol–water partition coefficient (Wildman–Crippen LogP) is 3.56. The van der Waals surface area contributed by atoms with Gasteiger partial charge in [0.25, 0.3) is 5.56 Å². The van der Waals surface area contributed by atoms with Crippen LogP contribution in [-0.4, -0.2) is 27.8 Å². The van der Waals surface area contributed by atoms with E-state index in [2.05, 4.69) is 20.9 Å². The van der Waals surface area contributed by atoms with Crippen molar-refractivity contribution in [2.45, 2.75) is 25.4 Å². The molecule has 146 valence electrons. The first kappa shape index (κ1) is 18.1. The van der Waals surface area contributed by atoms with Gasteiger partial charge in [-0.3, -0.25) is 14.5 Å². The first-order valence-corrected chi connectivity index (χ1v) is 10.0. The first-order chi connectivity index (χ1) is 13.9. The minimum atomic E-state index is -0.713. The van der Waals surface area contributed by atoms with E-state index in [1.807, 2.05) is 25.1 Å². The fraction of sp³-hybridized carbons (Fsp3) is 0.238. The number of fused-ring (bicyclic) bond motifs is 6. The lowest BCUT2D eigenvalue weighted by molar-refractivity contribution is -0.117. The smallest absolute Gasteiger partial charge is 0.300 e. The molecule has 0 unspecified atom stereocenters. The van der Waals surface area contributed by atoms with E-state index in [9.17, 15) is 9.59 Å². The van der Waals surface area contributed by atoms with Gasteiger partial charge in [-0.15, -0.1) is 0 Å². The Morgan fingerprint density at radius 2 is 1.90 bits per heavy atom. The molecule has 2 aliphatic heterocycles. The molecular weight excluding hydrogens is 436 g/mol. The Kier molecular flexibility index (Phi) is 3.89. The maximum atomic E-state index is 12.9. The summed E-state index contributed by atoms with van der Waals surface area (Å²) >= 11 is 3.48. The fourth-order valence-electron chi connectivity index (χ4n) is 4.14. The molecular formula is C21H17BrN4O3. The third-order valence-corrected chi connectivity index (χ3v) is 6.11. The molecule has 29 heavy (non-hydrogen) atoms. The highest BCUT2D eigenvalue weighted by atomic mass is 79.9. The molecule has 1 aromatic heterocycles. The average Bonchev–Trinajstić information content (AvgIpc) is 3.03. The zero-order chi connectivity index (χ0) is 20.3. The number of anilines is 1. The Bertz CT molecular complexity index is 1220. The number of amides is 1. The van der Waals surface area contributed by atoms with Crippen LogP contribution in [0, 0.1) is 0 Å². The third kappa shape index (κ3) is 2.55. The number of nitrogens with zero attached hydrogens (tertiary/aromatic N) is 4. The Labute approximate surface area is 175 Å². The van der Waals surface area contributed by atoms with Crippen LogP contribution in [0.4, 0.5) is 5.69 Å². The van der Waals surface area contributed by atoms with Crippen molar-refractivity contribution in [3.05, 3.63) is 57.3 Å². The van der Waals surface area contributed by atoms with Crippen LogP contribution in [0.2, 0.25) is 0 Å². The van der Waals surface area contributed by atoms with Gasteiger partial charge < -0.3 is 4.74 Å². The number of ether oxygens (including phenoxy) is 1. The van der Waals surface area contributed by atoms with E-state index in [1.165, 1.54) is 0 Å². The molecule has 0 bridgehead atoms. The number of methoxy groups -OCH3 is 1. The summed E-state index contributed by atoms with van der Waals surface area (Å²) in [5, 5.41) is 4.71. The van der Waals surface area contributed by atoms with E-state index in [-0.39, 0.29) is 11.6 Å². The second kappa shape index (κ2) is 6.25. The first-order valence-electron chi connectivity index (χ1n) is 9.21. The van der Waals surface area contributed by atoms with Crippen LogP contribution in [0.5, 0.6) is 5.75 Å². The highest BCUT2D eigenvalue weighted by Gasteiger charge is 2.50. The van der Waals surface area contributed by atoms with Crippen molar-refractivity contribution in [3.8, 4) is 28.4 Å². The summed E-state index contributed by atoms with van der Waals surface area (Å²) in [6.45, 7) is 1.96. The van der Waals surface area contributed by atoms with Crippen LogP contribution in [0.1, 0.15) is 19.8 Å². The Morgan fingerprint density at radius 1 is 1.14 bits per heavy atom. The molecule has 0 spiro atoms. The van der Waals surface area contributed by atoms with Crippen LogP contribution >= 0.6 is 15.9 Å². The molecule has 5 rings (SSSR count). The molecule has 1 atom stereocenters. The zero-order valence-corrected chi connectivity index (χ0v) is 17.4. The van der Waals surface area contributed by atoms with Crippen molar-refractivity contribution in [2.75, 3.05) is 12.0 Å². The van der Waals surface area contributed by atoms with Gasteiger partial charge in [-0.05, 0) is 49.4 Å². The fourth-order valence-corrected chi connectivity index (χ4v) is 4.50. The third-order valence-electron chi connectivity index (χ3n) is 5.61. The normalized spacial score (nSPS) is 19.6. The number of carbonyl (C=O) groups excluding carboxylic acids is 1. The second-order valence-electron chi connectivity index (χ2n) is 7.34. The number of rotatable bonds is 2. The highest BCUT2D eigenvalue weighted by molar-refractivity contribution is 9.10. The van der Waals surface area contributed by atoms with Crippen molar-refractivity contribution >= 4 is 27.5 Å². The average molecular weight is 453 g/mol. The number of hydrogen-bond donors (Lipinski definition) is 0. The van der Waals surface area contributed by atoms with Gasteiger partial charge in [0.2, 0.25) is 5.91 Å². The number of halogens is 1. The van der Waals surface area contributed by atoms with Crippen LogP contribution in [0.15, 0.2) is 51.7 Å². The number of carbonyl (C=O) groups is 1. The van der Waals surface area contributed by atoms with Gasteiger partial charge >= 0.3 is 0 Å². The van der Waals surface area contributed by atoms with Gasteiger partial charge in [-0.25, -0.2) is 4.68 Å². The summed E-state index contributed by atoms with van der Waals surface area (Å²) in [4.78, 5) is 31.8. The van der Waals surface area contributed by atoms with Gasteiger partial charge in [0.15, 0.2) is 11.5 Å². The van der Waals surface area contributed by atoms with Gasteiger partial charge in [0, 0.05) is 28.4 Å². The summed E-state index contributed by atoms with van der Waals surface area (Å²) in [7, 11) is 1.59. The summed E-state index contributed by atoms with van der Waals surface area (Å²) in [6.07, 6.45) is 1.01. The van der Waals surface area contributed by atoms with Gasteiger partial charge in [0.05, 0.1) is 12.8 Å². The van der Waals surface area contributed by atoms with Gasteiger partial charge in [-0.2, -0.15) is 10.1 Å². The molecule has 3 heterocycles. The van der Waals surface area contributed by atoms with E-state index >= 15 is 0 Å². The second-order valence-corrected chi connectivity index (χ2v) is 8.25. The SMILES string of the molecule is COc1ccc(-c2nn3c(nc2=O)-c2cc(Br)ccc2N2C(=O)CC[C@]23C)cc1. The quantitative estimate of drug-likeness (QED) is 0.593. The zero-order valence-electron chi connectivity index (χ0n) is 15.8. The van der Waals surface area contributed by atoms with E-state index in [0.29, 0.717) is 35.5 Å². The van der Waals surface area contributed by atoms with Crippen molar-refractivity contribution < 1.29 is 9.53 Å². The Morgan fingerprint density at radius 3 is 2.62 bits per heavy atom. The minimum Gasteiger partial charge on any atom is -0.497 e. The number of hydrogen-bond acceptors (Lipinski definition) is 5. The van der Waals surface area contributed by atoms with Crippen molar-refractivity contribution in [2.24, 2.45) is 0 Å². The lowest BCUT2D eigenvalue weighted by Crippen LogP contribution is -2.51. The number of benzene rings is 2. The van der Waals surface area contributed by atoms with Crippen LogP contribution in [-0.2, 0) is 10.5 Å². The van der Waals surface area contributed by atoms with E-state index in [0.717, 1.165) is 10.2 Å². The molecule has 0 N–H and O–H groups in total. The highest BCUT2D eigenvalue weighted by Crippen LogP contribution is 2.48. The van der Waals surface area contributed by atoms with Crippen LogP contribution in [0.25, 0.3) is 22.6 Å². The molecule has 8 heteroatoms. The summed E-state index contributed by atoms with van der Waals surface area (Å²) in [5.74, 6) is 1.20. The van der Waals surface area contributed by atoms with E-state index in [1.54, 1.807) is 41.0 Å². The topological polar surface area (TPSA) is 77.3 Å². The standard InChI is InChI=1S/C21H17BrN4O3/c1-21-10-9-17(27)25(21)16-8-5-13(22)11-15(16)19-23-20(28)18(24-26(19)21)12-3-6-14(29-2)7-4-12/h3-8,11H,9-10H2,1-2H3/t21-/m1/s1. The van der Waals surface area contributed by atoms with Crippen LogP contribution < -0.4 is 15.2 Å². The summed E-state index contributed by atoms with van der Waals surface area (Å²) in [5.41, 5.74) is 1.24. The maximum absolute atomic E-state index is 12.9. The van der Waals surface area contributed by atoms with E-state index in [4.69, 9.17) is 9.84 Å². The summed E-state index contributed by atoms with van der Waals surface area (Å²) in [6, 6.07) is 12.8. The monoisotopic (exact) mass is 452 g/mol. The summed E-state index contributed by atoms with van der Waals surface area (Å²) < 4.78 is 7.76.